The van der Waals surface area contributed by atoms with Gasteiger partial charge < -0.3 is 5.32 Å². The van der Waals surface area contributed by atoms with E-state index >= 15 is 0 Å². The van der Waals surface area contributed by atoms with Gasteiger partial charge in [-0.2, -0.15) is 0 Å². The predicted molar refractivity (Wildman–Crippen MR) is 70.1 cm³/mol. The van der Waals surface area contributed by atoms with Crippen molar-refractivity contribution < 1.29 is 0 Å². The molecule has 16 heavy (non-hydrogen) atoms. The van der Waals surface area contributed by atoms with Crippen LogP contribution in [0.1, 0.15) is 39.0 Å². The summed E-state index contributed by atoms with van der Waals surface area (Å²) >= 11 is 3.45. The van der Waals surface area contributed by atoms with Crippen molar-refractivity contribution in [3.8, 4) is 0 Å². The van der Waals surface area contributed by atoms with Crippen molar-refractivity contribution in [3.05, 3.63) is 5.51 Å². The maximum atomic E-state index is 4.05. The van der Waals surface area contributed by atoms with Gasteiger partial charge in [-0.1, -0.05) is 49.3 Å². The Balaban J connectivity index is 1.65. The van der Waals surface area contributed by atoms with Crippen molar-refractivity contribution in [1.82, 2.24) is 15.5 Å². The minimum atomic E-state index is 0.579. The van der Waals surface area contributed by atoms with Crippen LogP contribution in [0, 0.1) is 0 Å². The Hall–Kier alpha value is -0.130. The van der Waals surface area contributed by atoms with Crippen LogP contribution in [0.2, 0.25) is 0 Å². The third-order valence-electron chi connectivity index (χ3n) is 2.94. The van der Waals surface area contributed by atoms with Gasteiger partial charge in [0.15, 0.2) is 4.34 Å². The highest BCUT2D eigenvalue weighted by atomic mass is 32.2. The lowest BCUT2D eigenvalue weighted by Crippen LogP contribution is -2.35. The zero-order valence-corrected chi connectivity index (χ0v) is 11.3. The molecule has 0 aliphatic heterocycles. The first-order valence-corrected chi connectivity index (χ1v) is 7.77. The molecule has 3 nitrogen and oxygen atoms in total. The first kappa shape index (κ1) is 12.3. The van der Waals surface area contributed by atoms with Gasteiger partial charge in [0.25, 0.3) is 0 Å². The second kappa shape index (κ2) is 6.57. The van der Waals surface area contributed by atoms with E-state index < -0.39 is 0 Å². The molecule has 1 aliphatic carbocycles. The quantitative estimate of drug-likeness (QED) is 0.823. The second-order valence-corrected chi connectivity index (χ2v) is 6.90. The lowest BCUT2D eigenvalue weighted by Gasteiger charge is -2.24. The molecule has 1 aromatic heterocycles. The summed E-state index contributed by atoms with van der Waals surface area (Å²) in [6.45, 7) is 3.33. The van der Waals surface area contributed by atoms with Crippen molar-refractivity contribution in [2.75, 3.05) is 6.54 Å². The first-order valence-electron chi connectivity index (χ1n) is 6.01. The number of nitrogens with one attached hydrogen (secondary N) is 1. The van der Waals surface area contributed by atoms with Gasteiger partial charge in [-0.3, -0.25) is 0 Å². The Bertz CT molecular complexity index is 283. The molecule has 2 rings (SSSR count). The zero-order chi connectivity index (χ0) is 11.2. The largest absolute Gasteiger partial charge is 0.313 e. The van der Waals surface area contributed by atoms with Crippen molar-refractivity contribution >= 4 is 23.1 Å². The molecule has 0 saturated heterocycles. The zero-order valence-electron chi connectivity index (χ0n) is 9.69. The maximum absolute atomic E-state index is 4.05. The Morgan fingerprint density at radius 1 is 1.50 bits per heavy atom. The van der Waals surface area contributed by atoms with Crippen LogP contribution in [0.5, 0.6) is 0 Å². The molecular weight excluding hydrogens is 238 g/mol. The van der Waals surface area contributed by atoms with E-state index in [1.807, 2.05) is 11.8 Å². The molecule has 0 spiro atoms. The fourth-order valence-electron chi connectivity index (χ4n) is 2.07. The number of hydrogen-bond donors (Lipinski definition) is 1. The molecule has 5 heteroatoms. The average molecular weight is 257 g/mol. The highest BCUT2D eigenvalue weighted by Gasteiger charge is 2.14. The van der Waals surface area contributed by atoms with E-state index in [9.17, 15) is 0 Å². The van der Waals surface area contributed by atoms with Crippen molar-refractivity contribution in [2.24, 2.45) is 0 Å². The number of aromatic nitrogens is 2. The van der Waals surface area contributed by atoms with E-state index in [2.05, 4.69) is 22.4 Å². The van der Waals surface area contributed by atoms with Gasteiger partial charge in [-0.25, -0.2) is 0 Å². The molecule has 1 unspecified atom stereocenters. The van der Waals surface area contributed by atoms with Crippen LogP contribution in [0.3, 0.4) is 0 Å². The summed E-state index contributed by atoms with van der Waals surface area (Å²) in [5, 5.41) is 12.2. The minimum absolute atomic E-state index is 0.579. The highest BCUT2D eigenvalue weighted by molar-refractivity contribution is 8.01. The summed E-state index contributed by atoms with van der Waals surface area (Å²) in [4.78, 5) is 0. The predicted octanol–water partition coefficient (Wildman–Crippen LogP) is 2.94. The molecule has 0 bridgehead atoms. The topological polar surface area (TPSA) is 37.8 Å². The molecule has 1 aromatic rings. The van der Waals surface area contributed by atoms with Gasteiger partial charge in [-0.15, -0.1) is 10.2 Å². The van der Waals surface area contributed by atoms with Gasteiger partial charge in [0.05, 0.1) is 0 Å². The van der Waals surface area contributed by atoms with Crippen molar-refractivity contribution in [3.63, 3.8) is 0 Å². The van der Waals surface area contributed by atoms with Crippen LogP contribution < -0.4 is 5.32 Å². The van der Waals surface area contributed by atoms with E-state index in [0.717, 1.165) is 16.9 Å². The molecule has 1 heterocycles. The van der Waals surface area contributed by atoms with Gasteiger partial charge in [-0.05, 0) is 12.8 Å². The summed E-state index contributed by atoms with van der Waals surface area (Å²) in [6.07, 6.45) is 6.94. The third kappa shape index (κ3) is 4.03. The Morgan fingerprint density at radius 2 is 2.31 bits per heavy atom. The molecule has 0 radical (unpaired) electrons. The van der Waals surface area contributed by atoms with E-state index in [-0.39, 0.29) is 0 Å². The first-order chi connectivity index (χ1) is 7.84. The SMILES string of the molecule is CC(CNC1CCCCC1)Sc1nncs1. The van der Waals surface area contributed by atoms with Crippen LogP contribution in [-0.2, 0) is 0 Å². The molecule has 1 N–H and O–H groups in total. The Labute approximate surface area is 105 Å². The van der Waals surface area contributed by atoms with E-state index in [4.69, 9.17) is 0 Å². The average Bonchev–Trinajstić information content (AvgIpc) is 2.81. The lowest BCUT2D eigenvalue weighted by atomic mass is 9.95. The van der Waals surface area contributed by atoms with Gasteiger partial charge in [0.1, 0.15) is 5.51 Å². The van der Waals surface area contributed by atoms with Crippen LogP contribution >= 0.6 is 23.1 Å². The van der Waals surface area contributed by atoms with Crippen LogP contribution in [0.15, 0.2) is 9.85 Å². The highest BCUT2D eigenvalue weighted by Crippen LogP contribution is 2.24. The van der Waals surface area contributed by atoms with Gasteiger partial charge >= 0.3 is 0 Å². The standard InChI is InChI=1S/C11H19N3S2/c1-9(16-11-14-13-8-15-11)7-12-10-5-3-2-4-6-10/h8-10,12H,2-7H2,1H3. The van der Waals surface area contributed by atoms with Crippen molar-refractivity contribution in [1.29, 1.82) is 0 Å². The molecule has 1 saturated carbocycles. The fraction of sp³-hybridized carbons (Fsp3) is 0.818. The molecule has 1 aliphatic rings. The van der Waals surface area contributed by atoms with E-state index in [1.54, 1.807) is 16.8 Å². The fourth-order valence-corrected chi connectivity index (χ4v) is 3.81. The third-order valence-corrected chi connectivity index (χ3v) is 4.85. The molecule has 0 aromatic carbocycles. The summed E-state index contributed by atoms with van der Waals surface area (Å²) < 4.78 is 1.08. The van der Waals surface area contributed by atoms with Crippen LogP contribution in [0.25, 0.3) is 0 Å². The van der Waals surface area contributed by atoms with E-state index in [1.165, 1.54) is 32.1 Å². The smallest absolute Gasteiger partial charge is 0.174 e. The second-order valence-electron chi connectivity index (χ2n) is 4.38. The molecular formula is C11H19N3S2. The number of thioether (sulfide) groups is 1. The molecule has 1 atom stereocenters. The van der Waals surface area contributed by atoms with Gasteiger partial charge in [0, 0.05) is 17.8 Å². The summed E-state index contributed by atoms with van der Waals surface area (Å²) in [5.41, 5.74) is 1.80. The summed E-state index contributed by atoms with van der Waals surface area (Å²) in [7, 11) is 0. The molecule has 90 valence electrons. The number of nitrogens with zero attached hydrogens (tertiary/aromatic N) is 2. The van der Waals surface area contributed by atoms with Gasteiger partial charge in [0.2, 0.25) is 0 Å². The maximum Gasteiger partial charge on any atom is 0.174 e. The molecule has 0 amide bonds. The monoisotopic (exact) mass is 257 g/mol. The van der Waals surface area contributed by atoms with Crippen LogP contribution in [0.4, 0.5) is 0 Å². The van der Waals surface area contributed by atoms with Crippen molar-refractivity contribution in [2.45, 2.75) is 54.7 Å². The lowest BCUT2D eigenvalue weighted by molar-refractivity contribution is 0.375. The normalized spacial score (nSPS) is 19.8. The van der Waals surface area contributed by atoms with E-state index in [0.29, 0.717) is 5.25 Å². The Kier molecular flexibility index (Phi) is 5.06. The van der Waals surface area contributed by atoms with Crippen LogP contribution in [-0.4, -0.2) is 28.0 Å². The Morgan fingerprint density at radius 3 is 3.00 bits per heavy atom. The minimum Gasteiger partial charge on any atom is -0.313 e. The molecule has 1 fully saturated rings. The number of hydrogen-bond acceptors (Lipinski definition) is 5. The number of rotatable bonds is 5. The summed E-state index contributed by atoms with van der Waals surface area (Å²) in [6, 6.07) is 0.756. The summed E-state index contributed by atoms with van der Waals surface area (Å²) in [5.74, 6) is 0.